The highest BCUT2D eigenvalue weighted by Crippen LogP contribution is 2.21. The van der Waals surface area contributed by atoms with Crippen molar-refractivity contribution in [1.29, 1.82) is 0 Å². The van der Waals surface area contributed by atoms with E-state index in [1.54, 1.807) is 12.1 Å². The first-order valence-corrected chi connectivity index (χ1v) is 6.67. The number of hydrogen-bond donors (Lipinski definition) is 2. The van der Waals surface area contributed by atoms with Crippen molar-refractivity contribution in [2.45, 2.75) is 26.3 Å². The van der Waals surface area contributed by atoms with Crippen molar-refractivity contribution >= 4 is 34.5 Å². The van der Waals surface area contributed by atoms with Crippen LogP contribution in [-0.4, -0.2) is 22.0 Å². The molecule has 5 nitrogen and oxygen atoms in total. The molecule has 0 saturated carbocycles. The fourth-order valence-corrected chi connectivity index (χ4v) is 2.09. The van der Waals surface area contributed by atoms with E-state index in [9.17, 15) is 4.79 Å². The summed E-state index contributed by atoms with van der Waals surface area (Å²) in [5.74, 6) is 0.428. The van der Waals surface area contributed by atoms with E-state index in [4.69, 9.17) is 17.3 Å². The van der Waals surface area contributed by atoms with Gasteiger partial charge in [-0.3, -0.25) is 4.79 Å². The first kappa shape index (κ1) is 13.7. The lowest BCUT2D eigenvalue weighted by atomic mass is 10.3. The van der Waals surface area contributed by atoms with Crippen molar-refractivity contribution in [1.82, 2.24) is 14.9 Å². The van der Waals surface area contributed by atoms with Gasteiger partial charge in [0.05, 0.1) is 11.0 Å². The van der Waals surface area contributed by atoms with Gasteiger partial charge in [-0.25, -0.2) is 4.98 Å². The zero-order chi connectivity index (χ0) is 13.8. The number of hydrogen-bond acceptors (Lipinski definition) is 3. The van der Waals surface area contributed by atoms with E-state index >= 15 is 0 Å². The van der Waals surface area contributed by atoms with Crippen LogP contribution in [0, 0.1) is 0 Å². The number of nitrogens with two attached hydrogens (primary N) is 1. The van der Waals surface area contributed by atoms with Crippen LogP contribution in [0.2, 0.25) is 5.02 Å². The van der Waals surface area contributed by atoms with E-state index in [1.165, 1.54) is 0 Å². The molecular formula is C13H17ClN4O. The normalized spacial score (nSPS) is 10.8. The number of nitrogen functional groups attached to an aromatic ring is 1. The molecule has 2 aromatic rings. The van der Waals surface area contributed by atoms with E-state index in [0.717, 1.165) is 17.5 Å². The van der Waals surface area contributed by atoms with Gasteiger partial charge in [0.1, 0.15) is 0 Å². The number of anilines is 1. The summed E-state index contributed by atoms with van der Waals surface area (Å²) in [5, 5.41) is 3.46. The van der Waals surface area contributed by atoms with Crippen LogP contribution < -0.4 is 11.1 Å². The second-order valence-corrected chi connectivity index (χ2v) is 4.79. The first-order chi connectivity index (χ1) is 9.11. The van der Waals surface area contributed by atoms with Crippen molar-refractivity contribution < 1.29 is 4.79 Å². The molecule has 102 valence electrons. The smallest absolute Gasteiger partial charge is 0.221 e. The quantitative estimate of drug-likeness (QED) is 0.882. The van der Waals surface area contributed by atoms with Gasteiger partial charge in [-0.2, -0.15) is 0 Å². The Morgan fingerprint density at radius 1 is 1.53 bits per heavy atom. The van der Waals surface area contributed by atoms with Crippen molar-refractivity contribution in [2.24, 2.45) is 0 Å². The van der Waals surface area contributed by atoms with Crippen molar-refractivity contribution in [3.8, 4) is 0 Å². The highest BCUT2D eigenvalue weighted by atomic mass is 35.5. The number of imidazole rings is 1. The number of halogens is 1. The Balaban J connectivity index is 2.12. The van der Waals surface area contributed by atoms with Crippen LogP contribution in [0.25, 0.3) is 11.0 Å². The maximum atomic E-state index is 11.6. The Kier molecular flexibility index (Phi) is 4.27. The molecule has 2 rings (SSSR count). The van der Waals surface area contributed by atoms with E-state index in [2.05, 4.69) is 10.3 Å². The highest BCUT2D eigenvalue weighted by Gasteiger charge is 2.10. The van der Waals surface area contributed by atoms with Crippen LogP contribution in [-0.2, 0) is 11.3 Å². The van der Waals surface area contributed by atoms with E-state index in [-0.39, 0.29) is 5.91 Å². The summed E-state index contributed by atoms with van der Waals surface area (Å²) >= 11 is 5.91. The van der Waals surface area contributed by atoms with Gasteiger partial charge in [0.2, 0.25) is 11.9 Å². The first-order valence-electron chi connectivity index (χ1n) is 6.29. The van der Waals surface area contributed by atoms with Gasteiger partial charge >= 0.3 is 0 Å². The van der Waals surface area contributed by atoms with E-state index in [0.29, 0.717) is 30.5 Å². The number of nitrogens with zero attached hydrogens (tertiary/aromatic N) is 2. The monoisotopic (exact) mass is 280 g/mol. The Morgan fingerprint density at radius 2 is 2.32 bits per heavy atom. The zero-order valence-corrected chi connectivity index (χ0v) is 11.6. The molecule has 0 fully saturated rings. The SMILES string of the molecule is CCCNC(=O)CCn1c(N)nc2cc(Cl)ccc21. The molecule has 0 spiro atoms. The number of amides is 1. The lowest BCUT2D eigenvalue weighted by Crippen LogP contribution is -2.25. The molecule has 19 heavy (non-hydrogen) atoms. The zero-order valence-electron chi connectivity index (χ0n) is 10.8. The standard InChI is InChI=1S/C13H17ClN4O/c1-2-6-16-12(19)5-7-18-11-4-3-9(14)8-10(11)17-13(18)15/h3-4,8H,2,5-7H2,1H3,(H2,15,17)(H,16,19). The molecule has 0 bridgehead atoms. The van der Waals surface area contributed by atoms with Crippen LogP contribution in [0.3, 0.4) is 0 Å². The molecule has 0 aliphatic rings. The number of rotatable bonds is 5. The molecule has 0 saturated heterocycles. The average Bonchev–Trinajstić information content (AvgIpc) is 2.68. The van der Waals surface area contributed by atoms with Crippen molar-refractivity contribution in [2.75, 3.05) is 12.3 Å². The van der Waals surface area contributed by atoms with Crippen LogP contribution in [0.4, 0.5) is 5.95 Å². The van der Waals surface area contributed by atoms with E-state index in [1.807, 2.05) is 17.6 Å². The largest absolute Gasteiger partial charge is 0.369 e. The molecule has 1 heterocycles. The van der Waals surface area contributed by atoms with Crippen LogP contribution in [0.15, 0.2) is 18.2 Å². The Bertz CT molecular complexity index is 594. The molecule has 0 aliphatic heterocycles. The van der Waals surface area contributed by atoms with Crippen molar-refractivity contribution in [3.63, 3.8) is 0 Å². The summed E-state index contributed by atoms with van der Waals surface area (Å²) in [7, 11) is 0. The number of nitrogens with one attached hydrogen (secondary N) is 1. The third-order valence-corrected chi connectivity index (χ3v) is 3.11. The van der Waals surface area contributed by atoms with Gasteiger partial charge in [0.15, 0.2) is 0 Å². The number of carbonyl (C=O) groups excluding carboxylic acids is 1. The van der Waals surface area contributed by atoms with E-state index < -0.39 is 0 Å². The molecule has 1 aromatic carbocycles. The lowest BCUT2D eigenvalue weighted by molar-refractivity contribution is -0.121. The second-order valence-electron chi connectivity index (χ2n) is 4.35. The molecule has 0 unspecified atom stereocenters. The second kappa shape index (κ2) is 5.93. The summed E-state index contributed by atoms with van der Waals surface area (Å²) < 4.78 is 1.83. The topological polar surface area (TPSA) is 72.9 Å². The molecule has 0 radical (unpaired) electrons. The Labute approximate surface area is 116 Å². The molecule has 1 amide bonds. The van der Waals surface area contributed by atoms with Gasteiger partial charge in [-0.1, -0.05) is 18.5 Å². The minimum atomic E-state index is 0.0251. The lowest BCUT2D eigenvalue weighted by Gasteiger charge is -2.07. The molecule has 6 heteroatoms. The summed E-state index contributed by atoms with van der Waals surface area (Å²) in [4.78, 5) is 15.8. The maximum absolute atomic E-state index is 11.6. The molecule has 0 aliphatic carbocycles. The number of aromatic nitrogens is 2. The predicted molar refractivity (Wildman–Crippen MR) is 77.1 cm³/mol. The minimum Gasteiger partial charge on any atom is -0.369 e. The fourth-order valence-electron chi connectivity index (χ4n) is 1.92. The Hall–Kier alpha value is -1.75. The van der Waals surface area contributed by atoms with Gasteiger partial charge in [0.25, 0.3) is 0 Å². The highest BCUT2D eigenvalue weighted by molar-refractivity contribution is 6.31. The Morgan fingerprint density at radius 3 is 3.05 bits per heavy atom. The third kappa shape index (κ3) is 3.17. The van der Waals surface area contributed by atoms with Crippen LogP contribution in [0.5, 0.6) is 0 Å². The van der Waals surface area contributed by atoms with Gasteiger partial charge in [-0.05, 0) is 24.6 Å². The molecule has 3 N–H and O–H groups in total. The summed E-state index contributed by atoms with van der Waals surface area (Å²) in [5.41, 5.74) is 7.51. The van der Waals surface area contributed by atoms with Crippen LogP contribution in [0.1, 0.15) is 19.8 Å². The summed E-state index contributed by atoms with van der Waals surface area (Å²) in [6.45, 7) is 3.24. The van der Waals surface area contributed by atoms with Crippen molar-refractivity contribution in [3.05, 3.63) is 23.2 Å². The maximum Gasteiger partial charge on any atom is 0.221 e. The average molecular weight is 281 g/mol. The summed E-state index contributed by atoms with van der Waals surface area (Å²) in [6, 6.07) is 5.42. The van der Waals surface area contributed by atoms with Gasteiger partial charge in [0, 0.05) is 24.5 Å². The number of carbonyl (C=O) groups is 1. The molecular weight excluding hydrogens is 264 g/mol. The number of aryl methyl sites for hydroxylation is 1. The number of benzene rings is 1. The predicted octanol–water partition coefficient (Wildman–Crippen LogP) is 2.19. The fraction of sp³-hybridized carbons (Fsp3) is 0.385. The third-order valence-electron chi connectivity index (χ3n) is 2.87. The summed E-state index contributed by atoms with van der Waals surface area (Å²) in [6.07, 6.45) is 1.32. The number of fused-ring (bicyclic) bond motifs is 1. The molecule has 0 atom stereocenters. The van der Waals surface area contributed by atoms with Gasteiger partial charge < -0.3 is 15.6 Å². The van der Waals surface area contributed by atoms with Gasteiger partial charge in [-0.15, -0.1) is 0 Å². The van der Waals surface area contributed by atoms with Crippen LogP contribution >= 0.6 is 11.6 Å². The molecule has 1 aromatic heterocycles. The minimum absolute atomic E-state index is 0.0251.